The fraction of sp³-hybridized carbons (Fsp3) is 0.385. The van der Waals surface area contributed by atoms with E-state index in [1.165, 1.54) is 5.56 Å². The molecule has 76 valence electrons. The van der Waals surface area contributed by atoms with E-state index in [0.717, 1.165) is 17.9 Å². The molecule has 0 amide bonds. The lowest BCUT2D eigenvalue weighted by Crippen LogP contribution is -1.95. The summed E-state index contributed by atoms with van der Waals surface area (Å²) in [5.41, 5.74) is 1.31. The molecule has 0 aliphatic carbocycles. The van der Waals surface area contributed by atoms with E-state index in [0.29, 0.717) is 5.92 Å². The molecule has 0 spiro atoms. The zero-order chi connectivity index (χ0) is 10.4. The largest absolute Gasteiger partial charge is 0.0885 e. The number of hydrogen-bond donors (Lipinski definition) is 0. The minimum absolute atomic E-state index is 0.591. The molecule has 1 aromatic rings. The highest BCUT2D eigenvalue weighted by Crippen LogP contribution is 2.15. The van der Waals surface area contributed by atoms with Crippen LogP contribution in [0.1, 0.15) is 25.8 Å². The Labute approximate surface area is 91.6 Å². The van der Waals surface area contributed by atoms with Crippen molar-refractivity contribution in [3.8, 4) is 0 Å². The zero-order valence-corrected chi connectivity index (χ0v) is 9.59. The van der Waals surface area contributed by atoms with Crippen molar-refractivity contribution >= 4 is 11.6 Å². The third-order valence-corrected chi connectivity index (χ3v) is 2.38. The predicted octanol–water partition coefficient (Wildman–Crippen LogP) is 4.48. The first-order chi connectivity index (χ1) is 6.72. The van der Waals surface area contributed by atoms with Crippen molar-refractivity contribution < 1.29 is 0 Å². The highest BCUT2D eigenvalue weighted by atomic mass is 35.5. The fourth-order valence-corrected chi connectivity index (χ4v) is 1.69. The van der Waals surface area contributed by atoms with Crippen LogP contribution in [0.3, 0.4) is 0 Å². The third kappa shape index (κ3) is 3.97. The number of rotatable bonds is 4. The molecule has 0 saturated heterocycles. The maximum absolute atomic E-state index is 5.91. The van der Waals surface area contributed by atoms with Gasteiger partial charge in [0.25, 0.3) is 0 Å². The molecule has 0 fully saturated rings. The van der Waals surface area contributed by atoms with Crippen LogP contribution in [0.15, 0.2) is 36.4 Å². The SMILES string of the molecule is CC/C=C\C(C)Cc1cccc(Cl)c1. The molecule has 0 N–H and O–H groups in total. The van der Waals surface area contributed by atoms with Crippen molar-refractivity contribution in [2.75, 3.05) is 0 Å². The number of hydrogen-bond acceptors (Lipinski definition) is 0. The quantitative estimate of drug-likeness (QED) is 0.640. The van der Waals surface area contributed by atoms with Gasteiger partial charge in [-0.3, -0.25) is 0 Å². The van der Waals surface area contributed by atoms with Gasteiger partial charge in [-0.1, -0.05) is 49.7 Å². The second-order valence-corrected chi connectivity index (χ2v) is 4.08. The molecule has 0 aromatic heterocycles. The van der Waals surface area contributed by atoms with Crippen molar-refractivity contribution in [2.45, 2.75) is 26.7 Å². The van der Waals surface area contributed by atoms with Gasteiger partial charge >= 0.3 is 0 Å². The van der Waals surface area contributed by atoms with Gasteiger partial charge in [0.1, 0.15) is 0 Å². The van der Waals surface area contributed by atoms with Gasteiger partial charge in [0.2, 0.25) is 0 Å². The molecule has 0 radical (unpaired) electrons. The minimum atomic E-state index is 0.591. The van der Waals surface area contributed by atoms with Crippen molar-refractivity contribution in [2.24, 2.45) is 5.92 Å². The van der Waals surface area contributed by atoms with E-state index in [1.54, 1.807) is 0 Å². The van der Waals surface area contributed by atoms with Gasteiger partial charge in [-0.05, 0) is 36.5 Å². The Bertz CT molecular complexity index is 302. The van der Waals surface area contributed by atoms with E-state index >= 15 is 0 Å². The van der Waals surface area contributed by atoms with Crippen molar-refractivity contribution in [1.29, 1.82) is 0 Å². The average molecular weight is 209 g/mol. The Morgan fingerprint density at radius 2 is 2.21 bits per heavy atom. The molecule has 1 unspecified atom stereocenters. The van der Waals surface area contributed by atoms with Crippen LogP contribution in [0.25, 0.3) is 0 Å². The summed E-state index contributed by atoms with van der Waals surface area (Å²) in [7, 11) is 0. The van der Waals surface area contributed by atoms with Crippen molar-refractivity contribution in [3.63, 3.8) is 0 Å². The maximum Gasteiger partial charge on any atom is 0.0408 e. The van der Waals surface area contributed by atoms with E-state index < -0.39 is 0 Å². The van der Waals surface area contributed by atoms with Gasteiger partial charge in [0, 0.05) is 5.02 Å². The molecule has 0 nitrogen and oxygen atoms in total. The average Bonchev–Trinajstić information content (AvgIpc) is 2.15. The smallest absolute Gasteiger partial charge is 0.0408 e. The van der Waals surface area contributed by atoms with Crippen molar-refractivity contribution in [1.82, 2.24) is 0 Å². The summed E-state index contributed by atoms with van der Waals surface area (Å²) in [6.07, 6.45) is 6.66. The van der Waals surface area contributed by atoms with Crippen LogP contribution < -0.4 is 0 Å². The Morgan fingerprint density at radius 3 is 2.86 bits per heavy atom. The van der Waals surface area contributed by atoms with E-state index in [2.05, 4.69) is 32.1 Å². The first-order valence-corrected chi connectivity index (χ1v) is 5.51. The maximum atomic E-state index is 5.91. The first-order valence-electron chi connectivity index (χ1n) is 5.13. The lowest BCUT2D eigenvalue weighted by molar-refractivity contribution is 0.720. The molecule has 0 aliphatic rings. The number of allylic oxidation sites excluding steroid dienone is 2. The molecule has 1 heteroatoms. The van der Waals surface area contributed by atoms with Gasteiger partial charge in [-0.15, -0.1) is 0 Å². The summed E-state index contributed by atoms with van der Waals surface area (Å²) >= 11 is 5.91. The van der Waals surface area contributed by atoms with Crippen LogP contribution in [-0.2, 0) is 6.42 Å². The molecule has 1 aromatic carbocycles. The molecule has 14 heavy (non-hydrogen) atoms. The summed E-state index contributed by atoms with van der Waals surface area (Å²) in [4.78, 5) is 0. The normalized spacial score (nSPS) is 13.4. The summed E-state index contributed by atoms with van der Waals surface area (Å²) in [5, 5.41) is 0.828. The molecular formula is C13H17Cl. The van der Waals surface area contributed by atoms with Gasteiger partial charge in [-0.2, -0.15) is 0 Å². The van der Waals surface area contributed by atoms with Crippen LogP contribution in [0, 0.1) is 5.92 Å². The van der Waals surface area contributed by atoms with Gasteiger partial charge in [0.05, 0.1) is 0 Å². The van der Waals surface area contributed by atoms with Gasteiger partial charge in [-0.25, -0.2) is 0 Å². The van der Waals surface area contributed by atoms with Crippen molar-refractivity contribution in [3.05, 3.63) is 47.0 Å². The molecule has 0 heterocycles. The highest BCUT2D eigenvalue weighted by molar-refractivity contribution is 6.30. The Balaban J connectivity index is 2.55. The highest BCUT2D eigenvalue weighted by Gasteiger charge is 1.99. The van der Waals surface area contributed by atoms with E-state index in [9.17, 15) is 0 Å². The Morgan fingerprint density at radius 1 is 1.43 bits per heavy atom. The number of benzene rings is 1. The fourth-order valence-electron chi connectivity index (χ4n) is 1.47. The van der Waals surface area contributed by atoms with Crippen LogP contribution in [0.2, 0.25) is 5.02 Å². The monoisotopic (exact) mass is 208 g/mol. The molecule has 0 saturated carbocycles. The molecule has 1 rings (SSSR count). The molecular weight excluding hydrogens is 192 g/mol. The second-order valence-electron chi connectivity index (χ2n) is 3.65. The Hall–Kier alpha value is -0.750. The van der Waals surface area contributed by atoms with E-state index in [4.69, 9.17) is 11.6 Å². The first kappa shape index (κ1) is 11.3. The van der Waals surface area contributed by atoms with Crippen LogP contribution in [0.5, 0.6) is 0 Å². The van der Waals surface area contributed by atoms with Crippen LogP contribution in [0.4, 0.5) is 0 Å². The summed E-state index contributed by atoms with van der Waals surface area (Å²) < 4.78 is 0. The van der Waals surface area contributed by atoms with E-state index in [-0.39, 0.29) is 0 Å². The lowest BCUT2D eigenvalue weighted by atomic mass is 10.0. The third-order valence-electron chi connectivity index (χ3n) is 2.15. The van der Waals surface area contributed by atoms with Gasteiger partial charge in [0.15, 0.2) is 0 Å². The molecule has 0 bridgehead atoms. The predicted molar refractivity (Wildman–Crippen MR) is 63.8 cm³/mol. The Kier molecular flexibility index (Phi) is 4.75. The van der Waals surface area contributed by atoms with E-state index in [1.807, 2.05) is 18.2 Å². The van der Waals surface area contributed by atoms with Crippen LogP contribution >= 0.6 is 11.6 Å². The topological polar surface area (TPSA) is 0 Å². The standard InChI is InChI=1S/C13H17Cl/c1-3-4-6-11(2)9-12-7-5-8-13(14)10-12/h4-8,10-11H,3,9H2,1-2H3/b6-4-. The summed E-state index contributed by atoms with van der Waals surface area (Å²) in [5.74, 6) is 0.591. The summed E-state index contributed by atoms with van der Waals surface area (Å²) in [6, 6.07) is 8.09. The molecule has 0 aliphatic heterocycles. The van der Waals surface area contributed by atoms with Crippen LogP contribution in [-0.4, -0.2) is 0 Å². The zero-order valence-electron chi connectivity index (χ0n) is 8.83. The minimum Gasteiger partial charge on any atom is -0.0885 e. The number of halogens is 1. The summed E-state index contributed by atoms with van der Waals surface area (Å²) in [6.45, 7) is 4.38. The second kappa shape index (κ2) is 5.87. The molecule has 1 atom stereocenters. The lowest BCUT2D eigenvalue weighted by Gasteiger charge is -2.06. The van der Waals surface area contributed by atoms with Gasteiger partial charge < -0.3 is 0 Å².